The first-order valence-electron chi connectivity index (χ1n) is 8.94. The number of benzene rings is 1. The van der Waals surface area contributed by atoms with Gasteiger partial charge in [0.05, 0.1) is 13.2 Å². The van der Waals surface area contributed by atoms with E-state index in [2.05, 4.69) is 15.0 Å². The lowest BCUT2D eigenvalue weighted by atomic mass is 9.96. The zero-order valence-corrected chi connectivity index (χ0v) is 15.0. The number of nitrogens with two attached hydrogens (primary N) is 1. The van der Waals surface area contributed by atoms with E-state index in [1.165, 1.54) is 6.42 Å². The number of nitrogen functional groups attached to an aromatic ring is 1. The molecule has 4 rings (SSSR count). The summed E-state index contributed by atoms with van der Waals surface area (Å²) in [5.41, 5.74) is 8.58. The summed E-state index contributed by atoms with van der Waals surface area (Å²) in [5, 5.41) is 0.857. The van der Waals surface area contributed by atoms with E-state index in [1.807, 2.05) is 31.2 Å². The minimum atomic E-state index is 0.294. The van der Waals surface area contributed by atoms with Crippen LogP contribution < -0.4 is 15.2 Å². The van der Waals surface area contributed by atoms with Gasteiger partial charge in [0.25, 0.3) is 0 Å². The Labute approximate surface area is 152 Å². The summed E-state index contributed by atoms with van der Waals surface area (Å²) in [5.74, 6) is 2.71. The van der Waals surface area contributed by atoms with E-state index in [0.717, 1.165) is 53.1 Å². The molecule has 1 aliphatic rings. The Morgan fingerprint density at radius 2 is 1.92 bits per heavy atom. The standard InChI is InChI=1S/C20H22N4O2/c1-3-18-22-11-13-9-17(19(21)24-20(13)23-18)12-7-15(25-2)10-16(8-12)26-14-5-4-6-14/h7-11,14H,3-6H2,1-2H3,(H2,21,22,23,24). The Bertz CT molecular complexity index is 954. The molecule has 134 valence electrons. The molecule has 6 heteroatoms. The highest BCUT2D eigenvalue weighted by Gasteiger charge is 2.20. The summed E-state index contributed by atoms with van der Waals surface area (Å²) >= 11 is 0. The van der Waals surface area contributed by atoms with Crippen molar-refractivity contribution in [1.29, 1.82) is 0 Å². The van der Waals surface area contributed by atoms with Crippen LogP contribution >= 0.6 is 0 Å². The van der Waals surface area contributed by atoms with Gasteiger partial charge in [-0.05, 0) is 43.0 Å². The molecule has 1 fully saturated rings. The van der Waals surface area contributed by atoms with Gasteiger partial charge in [0.15, 0.2) is 5.65 Å². The van der Waals surface area contributed by atoms with Crippen LogP contribution in [0.5, 0.6) is 11.5 Å². The van der Waals surface area contributed by atoms with Gasteiger partial charge in [-0.3, -0.25) is 0 Å². The molecule has 0 aliphatic heterocycles. The Morgan fingerprint density at radius 3 is 2.62 bits per heavy atom. The fourth-order valence-corrected chi connectivity index (χ4v) is 3.01. The van der Waals surface area contributed by atoms with Crippen LogP contribution in [0.2, 0.25) is 0 Å². The third-order valence-electron chi connectivity index (χ3n) is 4.75. The molecule has 1 aliphatic carbocycles. The van der Waals surface area contributed by atoms with Gasteiger partial charge in [0, 0.05) is 29.6 Å². The number of aromatic nitrogens is 3. The average Bonchev–Trinajstić information content (AvgIpc) is 2.63. The van der Waals surface area contributed by atoms with Crippen LogP contribution in [0.25, 0.3) is 22.2 Å². The summed E-state index contributed by atoms with van der Waals surface area (Å²) in [7, 11) is 1.65. The molecule has 2 aromatic heterocycles. The van der Waals surface area contributed by atoms with Crippen LogP contribution in [0.4, 0.5) is 5.82 Å². The molecule has 0 amide bonds. The monoisotopic (exact) mass is 350 g/mol. The Balaban J connectivity index is 1.77. The number of fused-ring (bicyclic) bond motifs is 1. The molecule has 3 aromatic rings. The van der Waals surface area contributed by atoms with E-state index in [9.17, 15) is 0 Å². The summed E-state index contributed by atoms with van der Waals surface area (Å²) in [6, 6.07) is 7.80. The molecule has 1 aromatic carbocycles. The maximum Gasteiger partial charge on any atom is 0.165 e. The Morgan fingerprint density at radius 1 is 1.12 bits per heavy atom. The molecule has 0 unspecified atom stereocenters. The largest absolute Gasteiger partial charge is 0.497 e. The third-order valence-corrected chi connectivity index (χ3v) is 4.75. The highest BCUT2D eigenvalue weighted by molar-refractivity contribution is 5.87. The van der Waals surface area contributed by atoms with Crippen molar-refractivity contribution in [2.45, 2.75) is 38.7 Å². The van der Waals surface area contributed by atoms with Gasteiger partial charge < -0.3 is 15.2 Å². The first-order chi connectivity index (χ1) is 12.7. The molecular formula is C20H22N4O2. The highest BCUT2D eigenvalue weighted by Crippen LogP contribution is 2.35. The van der Waals surface area contributed by atoms with E-state index >= 15 is 0 Å². The van der Waals surface area contributed by atoms with Crippen LogP contribution in [0.1, 0.15) is 32.0 Å². The lowest BCUT2D eigenvalue weighted by molar-refractivity contribution is 0.120. The SMILES string of the molecule is CCc1ncc2cc(-c3cc(OC)cc(OC4CCC4)c3)c(N)nc2n1. The maximum atomic E-state index is 6.24. The Kier molecular flexibility index (Phi) is 4.32. The number of methoxy groups -OCH3 is 1. The molecule has 1 saturated carbocycles. The fourth-order valence-electron chi connectivity index (χ4n) is 3.01. The van der Waals surface area contributed by atoms with E-state index in [0.29, 0.717) is 17.6 Å². The van der Waals surface area contributed by atoms with Crippen LogP contribution in [0, 0.1) is 0 Å². The second kappa shape index (κ2) is 6.78. The first kappa shape index (κ1) is 16.6. The molecule has 0 atom stereocenters. The first-order valence-corrected chi connectivity index (χ1v) is 8.94. The van der Waals surface area contributed by atoms with E-state index < -0.39 is 0 Å². The number of aryl methyl sites for hydroxylation is 1. The number of hydrogen-bond acceptors (Lipinski definition) is 6. The predicted octanol–water partition coefficient (Wildman–Crippen LogP) is 3.78. The predicted molar refractivity (Wildman–Crippen MR) is 101 cm³/mol. The summed E-state index contributed by atoms with van der Waals surface area (Å²) in [6.45, 7) is 2.01. The second-order valence-electron chi connectivity index (χ2n) is 6.54. The number of pyridine rings is 1. The smallest absolute Gasteiger partial charge is 0.165 e. The molecule has 2 heterocycles. The molecular weight excluding hydrogens is 328 g/mol. The molecule has 0 saturated heterocycles. The summed E-state index contributed by atoms with van der Waals surface area (Å²) < 4.78 is 11.5. The lowest BCUT2D eigenvalue weighted by Crippen LogP contribution is -2.24. The molecule has 0 spiro atoms. The van der Waals surface area contributed by atoms with Crippen molar-refractivity contribution in [3.63, 3.8) is 0 Å². The maximum absolute atomic E-state index is 6.24. The fraction of sp³-hybridized carbons (Fsp3) is 0.350. The van der Waals surface area contributed by atoms with E-state index in [1.54, 1.807) is 13.3 Å². The third kappa shape index (κ3) is 3.14. The summed E-state index contributed by atoms with van der Waals surface area (Å²) in [4.78, 5) is 13.3. The molecule has 26 heavy (non-hydrogen) atoms. The van der Waals surface area contributed by atoms with Crippen molar-refractivity contribution in [3.8, 4) is 22.6 Å². The normalized spacial score (nSPS) is 14.2. The van der Waals surface area contributed by atoms with Crippen LogP contribution in [-0.4, -0.2) is 28.2 Å². The van der Waals surface area contributed by atoms with Crippen molar-refractivity contribution < 1.29 is 9.47 Å². The molecule has 0 radical (unpaired) electrons. The number of hydrogen-bond donors (Lipinski definition) is 1. The zero-order valence-electron chi connectivity index (χ0n) is 15.0. The number of nitrogens with zero attached hydrogens (tertiary/aromatic N) is 3. The van der Waals surface area contributed by atoms with Crippen molar-refractivity contribution in [2.75, 3.05) is 12.8 Å². The van der Waals surface area contributed by atoms with Gasteiger partial charge in [-0.15, -0.1) is 0 Å². The van der Waals surface area contributed by atoms with Gasteiger partial charge in [-0.25, -0.2) is 15.0 Å². The Hall–Kier alpha value is -2.89. The summed E-state index contributed by atoms with van der Waals surface area (Å²) in [6.07, 6.45) is 6.28. The van der Waals surface area contributed by atoms with Gasteiger partial charge >= 0.3 is 0 Å². The minimum absolute atomic E-state index is 0.294. The van der Waals surface area contributed by atoms with Crippen molar-refractivity contribution >= 4 is 16.9 Å². The molecule has 0 bridgehead atoms. The zero-order chi connectivity index (χ0) is 18.1. The van der Waals surface area contributed by atoms with Crippen LogP contribution in [-0.2, 0) is 6.42 Å². The van der Waals surface area contributed by atoms with Crippen molar-refractivity contribution in [2.24, 2.45) is 0 Å². The van der Waals surface area contributed by atoms with Crippen LogP contribution in [0.15, 0.2) is 30.5 Å². The van der Waals surface area contributed by atoms with Crippen LogP contribution in [0.3, 0.4) is 0 Å². The van der Waals surface area contributed by atoms with Gasteiger partial charge in [-0.2, -0.15) is 0 Å². The lowest BCUT2D eigenvalue weighted by Gasteiger charge is -2.26. The van der Waals surface area contributed by atoms with Gasteiger partial charge in [-0.1, -0.05) is 6.92 Å². The molecule has 2 N–H and O–H groups in total. The topological polar surface area (TPSA) is 83.2 Å². The molecule has 6 nitrogen and oxygen atoms in total. The minimum Gasteiger partial charge on any atom is -0.497 e. The average molecular weight is 350 g/mol. The number of ether oxygens (including phenoxy) is 2. The quantitative estimate of drug-likeness (QED) is 0.754. The van der Waals surface area contributed by atoms with Gasteiger partial charge in [0.2, 0.25) is 0 Å². The van der Waals surface area contributed by atoms with Crippen molar-refractivity contribution in [1.82, 2.24) is 15.0 Å². The van der Waals surface area contributed by atoms with Gasteiger partial charge in [0.1, 0.15) is 23.1 Å². The number of rotatable bonds is 5. The highest BCUT2D eigenvalue weighted by atomic mass is 16.5. The number of anilines is 1. The van der Waals surface area contributed by atoms with Crippen molar-refractivity contribution in [3.05, 3.63) is 36.3 Å². The van der Waals surface area contributed by atoms with E-state index in [-0.39, 0.29) is 0 Å². The van der Waals surface area contributed by atoms with E-state index in [4.69, 9.17) is 15.2 Å². The second-order valence-corrected chi connectivity index (χ2v) is 6.54.